The number of thiazole rings is 1. The molecule has 8 heteroatoms. The third kappa shape index (κ3) is 3.62. The number of nitrogens with one attached hydrogen (secondary N) is 1. The number of aryl methyl sites for hydroxylation is 1. The zero-order chi connectivity index (χ0) is 20.4. The number of ether oxygens (including phenoxy) is 1. The van der Waals surface area contributed by atoms with E-state index < -0.39 is 11.3 Å². The molecule has 0 spiro atoms. The molecule has 0 bridgehead atoms. The Hall–Kier alpha value is -3.52. The van der Waals surface area contributed by atoms with Gasteiger partial charge in [0, 0.05) is 22.9 Å². The predicted octanol–water partition coefficient (Wildman–Crippen LogP) is 3.80. The molecule has 2 aromatic heterocycles. The number of rotatable bonds is 5. The van der Waals surface area contributed by atoms with Gasteiger partial charge >= 0.3 is 0 Å². The number of fused-ring (bicyclic) bond motifs is 1. The van der Waals surface area contributed by atoms with E-state index in [1.807, 2.05) is 48.7 Å². The normalized spacial score (nSPS) is 10.8. The fourth-order valence-electron chi connectivity index (χ4n) is 3.03. The quantitative estimate of drug-likeness (QED) is 0.545. The van der Waals surface area contributed by atoms with Crippen LogP contribution in [0.3, 0.4) is 0 Å². The van der Waals surface area contributed by atoms with E-state index in [1.165, 1.54) is 11.3 Å². The zero-order valence-corrected chi connectivity index (χ0v) is 16.7. The summed E-state index contributed by atoms with van der Waals surface area (Å²) < 4.78 is 6.88. The lowest BCUT2D eigenvalue weighted by molar-refractivity contribution is 0.101. The number of hydrogen-bond acceptors (Lipinski definition) is 6. The Bertz CT molecular complexity index is 1260. The molecule has 4 rings (SSSR count). The number of aromatic nitrogens is 3. The molecule has 0 aliphatic rings. The van der Waals surface area contributed by atoms with Crippen molar-refractivity contribution >= 4 is 33.3 Å². The second-order valence-corrected chi connectivity index (χ2v) is 7.09. The van der Waals surface area contributed by atoms with Crippen molar-refractivity contribution in [1.82, 2.24) is 14.8 Å². The summed E-state index contributed by atoms with van der Waals surface area (Å²) in [6.45, 7) is 2.45. The van der Waals surface area contributed by atoms with Crippen LogP contribution < -0.4 is 15.5 Å². The average Bonchev–Trinajstić information content (AvgIpc) is 3.22. The van der Waals surface area contributed by atoms with Gasteiger partial charge in [-0.05, 0) is 31.2 Å². The molecule has 29 heavy (non-hydrogen) atoms. The molecule has 0 atom stereocenters. The predicted molar refractivity (Wildman–Crippen MR) is 114 cm³/mol. The number of carbonyl (C=O) groups excluding carboxylic acids is 1. The first kappa shape index (κ1) is 18.8. The summed E-state index contributed by atoms with van der Waals surface area (Å²) in [5, 5.41) is 9.64. The zero-order valence-electron chi connectivity index (χ0n) is 15.9. The van der Waals surface area contributed by atoms with E-state index in [2.05, 4.69) is 15.4 Å². The molecule has 0 saturated heterocycles. The van der Waals surface area contributed by atoms with Crippen LogP contribution in [-0.4, -0.2) is 27.8 Å². The summed E-state index contributed by atoms with van der Waals surface area (Å²) in [7, 11) is 1.60. The van der Waals surface area contributed by atoms with Crippen LogP contribution in [-0.2, 0) is 6.54 Å². The van der Waals surface area contributed by atoms with Crippen molar-refractivity contribution < 1.29 is 9.53 Å². The minimum absolute atomic E-state index is 0.149. The summed E-state index contributed by atoms with van der Waals surface area (Å²) in [5.74, 6) is 0.149. The summed E-state index contributed by atoms with van der Waals surface area (Å²) in [4.78, 5) is 30.0. The Kier molecular flexibility index (Phi) is 5.09. The van der Waals surface area contributed by atoms with Gasteiger partial charge in [-0.25, -0.2) is 4.98 Å². The largest absolute Gasteiger partial charge is 0.497 e. The maximum absolute atomic E-state index is 12.8. The lowest BCUT2D eigenvalue weighted by Crippen LogP contribution is -2.27. The second-order valence-electron chi connectivity index (χ2n) is 6.23. The van der Waals surface area contributed by atoms with Gasteiger partial charge in [0.2, 0.25) is 5.43 Å². The maximum atomic E-state index is 12.8. The summed E-state index contributed by atoms with van der Waals surface area (Å²) >= 11 is 1.28. The minimum Gasteiger partial charge on any atom is -0.497 e. The van der Waals surface area contributed by atoms with Gasteiger partial charge in [0.25, 0.3) is 5.91 Å². The Balaban J connectivity index is 1.64. The van der Waals surface area contributed by atoms with E-state index >= 15 is 0 Å². The topological polar surface area (TPSA) is 86.1 Å². The monoisotopic (exact) mass is 406 g/mol. The van der Waals surface area contributed by atoms with Crippen molar-refractivity contribution in [1.29, 1.82) is 0 Å². The molecule has 0 aliphatic heterocycles. The van der Waals surface area contributed by atoms with Gasteiger partial charge in [-0.15, -0.1) is 11.3 Å². The molecule has 0 aliphatic carbocycles. The van der Waals surface area contributed by atoms with Gasteiger partial charge in [0.15, 0.2) is 10.8 Å². The van der Waals surface area contributed by atoms with Crippen molar-refractivity contribution in [3.05, 3.63) is 69.8 Å². The number of carbonyl (C=O) groups is 1. The smallest absolute Gasteiger partial charge is 0.281 e. The molecule has 1 N–H and O–H groups in total. The van der Waals surface area contributed by atoms with Crippen molar-refractivity contribution in [3.8, 4) is 17.0 Å². The number of anilines is 1. The van der Waals surface area contributed by atoms with E-state index in [4.69, 9.17) is 4.74 Å². The highest BCUT2D eigenvalue weighted by Gasteiger charge is 2.18. The van der Waals surface area contributed by atoms with Crippen molar-refractivity contribution in [3.63, 3.8) is 0 Å². The van der Waals surface area contributed by atoms with E-state index in [9.17, 15) is 9.59 Å². The highest BCUT2D eigenvalue weighted by Crippen LogP contribution is 2.27. The van der Waals surface area contributed by atoms with Crippen LogP contribution in [0.15, 0.2) is 58.7 Å². The molecule has 0 unspecified atom stereocenters. The Labute approximate surface area is 170 Å². The molecule has 7 nitrogen and oxygen atoms in total. The van der Waals surface area contributed by atoms with Crippen LogP contribution >= 0.6 is 11.3 Å². The standard InChI is InChI=1S/C21H18N4O3S/c1-3-25-17-10-5-4-9-15(17)19(26)18(24-25)20(27)23-21-22-16(12-29-21)13-7-6-8-14(11-13)28-2/h4-12H,3H2,1-2H3,(H,22,23,27). The van der Waals surface area contributed by atoms with Crippen LogP contribution in [0.2, 0.25) is 0 Å². The molecule has 0 saturated carbocycles. The van der Waals surface area contributed by atoms with E-state index in [0.717, 1.165) is 11.3 Å². The van der Waals surface area contributed by atoms with Gasteiger partial charge < -0.3 is 4.74 Å². The molecule has 0 radical (unpaired) electrons. The van der Waals surface area contributed by atoms with Crippen molar-refractivity contribution in [2.45, 2.75) is 13.5 Å². The number of methoxy groups -OCH3 is 1. The second kappa shape index (κ2) is 7.84. The first-order chi connectivity index (χ1) is 14.1. The van der Waals surface area contributed by atoms with Crippen LogP contribution in [0.1, 0.15) is 17.4 Å². The lowest BCUT2D eigenvalue weighted by Gasteiger charge is -2.09. The maximum Gasteiger partial charge on any atom is 0.281 e. The molecule has 4 aromatic rings. The molecular formula is C21H18N4O3S. The Morgan fingerprint density at radius 3 is 2.83 bits per heavy atom. The SMILES string of the molecule is CCn1nc(C(=O)Nc2nc(-c3cccc(OC)c3)cs2)c(=O)c2ccccc21. The number of benzene rings is 2. The van der Waals surface area contributed by atoms with Gasteiger partial charge in [0.1, 0.15) is 5.75 Å². The number of amides is 1. The first-order valence-electron chi connectivity index (χ1n) is 9.02. The van der Waals surface area contributed by atoms with E-state index in [0.29, 0.717) is 28.3 Å². The third-order valence-corrected chi connectivity index (χ3v) is 5.23. The molecule has 1 amide bonds. The van der Waals surface area contributed by atoms with Crippen LogP contribution in [0.5, 0.6) is 5.75 Å². The lowest BCUT2D eigenvalue weighted by atomic mass is 10.2. The molecular weight excluding hydrogens is 388 g/mol. The highest BCUT2D eigenvalue weighted by atomic mass is 32.1. The molecule has 2 heterocycles. The molecule has 2 aromatic carbocycles. The first-order valence-corrected chi connectivity index (χ1v) is 9.90. The van der Waals surface area contributed by atoms with Crippen LogP contribution in [0.25, 0.3) is 22.2 Å². The van der Waals surface area contributed by atoms with E-state index in [-0.39, 0.29) is 5.69 Å². The Morgan fingerprint density at radius 1 is 1.21 bits per heavy atom. The fraction of sp³-hybridized carbons (Fsp3) is 0.143. The minimum atomic E-state index is -0.575. The van der Waals surface area contributed by atoms with Gasteiger partial charge in [-0.3, -0.25) is 19.6 Å². The van der Waals surface area contributed by atoms with Gasteiger partial charge in [0.05, 0.1) is 18.3 Å². The summed E-state index contributed by atoms with van der Waals surface area (Å²) in [6, 6.07) is 14.6. The summed E-state index contributed by atoms with van der Waals surface area (Å²) in [6.07, 6.45) is 0. The van der Waals surface area contributed by atoms with Crippen molar-refractivity contribution in [2.24, 2.45) is 0 Å². The molecule has 0 fully saturated rings. The average molecular weight is 406 g/mol. The number of para-hydroxylation sites is 1. The number of nitrogens with zero attached hydrogens (tertiary/aromatic N) is 3. The van der Waals surface area contributed by atoms with Gasteiger partial charge in [-0.1, -0.05) is 24.3 Å². The third-order valence-electron chi connectivity index (χ3n) is 4.47. The number of hydrogen-bond donors (Lipinski definition) is 1. The molecule has 146 valence electrons. The summed E-state index contributed by atoms with van der Waals surface area (Å²) in [5.41, 5.74) is 1.74. The van der Waals surface area contributed by atoms with Gasteiger partial charge in [-0.2, -0.15) is 5.10 Å². The van der Waals surface area contributed by atoms with Crippen LogP contribution in [0.4, 0.5) is 5.13 Å². The van der Waals surface area contributed by atoms with Crippen molar-refractivity contribution in [2.75, 3.05) is 12.4 Å². The fourth-order valence-corrected chi connectivity index (χ4v) is 3.75. The Morgan fingerprint density at radius 2 is 2.03 bits per heavy atom. The van der Waals surface area contributed by atoms with E-state index in [1.54, 1.807) is 23.9 Å². The highest BCUT2D eigenvalue weighted by molar-refractivity contribution is 7.14. The van der Waals surface area contributed by atoms with Crippen LogP contribution in [0, 0.1) is 0 Å².